The number of fused-ring (bicyclic) bond motifs is 1. The van der Waals surface area contributed by atoms with Crippen LogP contribution in [-0.2, 0) is 6.42 Å². The minimum atomic E-state index is 0.0124. The highest BCUT2D eigenvalue weighted by Gasteiger charge is 2.27. The van der Waals surface area contributed by atoms with Gasteiger partial charge in [-0.3, -0.25) is 0 Å². The van der Waals surface area contributed by atoms with Gasteiger partial charge in [0.05, 0.1) is 0 Å². The molecule has 0 fully saturated rings. The maximum Gasteiger partial charge on any atom is 0.160 e. The molecule has 0 heterocycles. The average molecular weight is 263 g/mol. The van der Waals surface area contributed by atoms with Gasteiger partial charge in [-0.15, -0.1) is 0 Å². The van der Waals surface area contributed by atoms with Crippen molar-refractivity contribution >= 4 is 0 Å². The molecule has 1 unspecified atom stereocenters. The van der Waals surface area contributed by atoms with Crippen LogP contribution in [-0.4, -0.2) is 34.7 Å². The minimum absolute atomic E-state index is 0.0124. The predicted molar refractivity (Wildman–Crippen MR) is 77.9 cm³/mol. The standard InChI is InChI=1S/C16H25NO2/c1-3-9-17(10-4-2)11-12-5-6-14-13(12)7-8-15(18)16(14)19/h7-8,12,18-19H,3-6,9-11H2,1-2H3. The molecule has 0 spiro atoms. The van der Waals surface area contributed by atoms with Crippen molar-refractivity contribution in [2.24, 2.45) is 0 Å². The van der Waals surface area contributed by atoms with Gasteiger partial charge in [-0.2, -0.15) is 0 Å². The smallest absolute Gasteiger partial charge is 0.160 e. The lowest BCUT2D eigenvalue weighted by Gasteiger charge is -2.25. The van der Waals surface area contributed by atoms with E-state index in [0.29, 0.717) is 5.92 Å². The van der Waals surface area contributed by atoms with Gasteiger partial charge in [0, 0.05) is 12.1 Å². The van der Waals surface area contributed by atoms with E-state index in [0.717, 1.165) is 38.0 Å². The third-order valence-electron chi connectivity index (χ3n) is 4.04. The molecular formula is C16H25NO2. The zero-order valence-electron chi connectivity index (χ0n) is 12.0. The molecule has 19 heavy (non-hydrogen) atoms. The van der Waals surface area contributed by atoms with Crippen LogP contribution in [0, 0.1) is 0 Å². The average Bonchev–Trinajstić information content (AvgIpc) is 2.78. The van der Waals surface area contributed by atoms with Gasteiger partial charge in [-0.05, 0) is 56.3 Å². The Balaban J connectivity index is 2.11. The molecule has 1 aliphatic carbocycles. The molecule has 0 saturated heterocycles. The summed E-state index contributed by atoms with van der Waals surface area (Å²) in [6.07, 6.45) is 4.32. The fourth-order valence-corrected chi connectivity index (χ4v) is 3.19. The Morgan fingerprint density at radius 3 is 2.47 bits per heavy atom. The Morgan fingerprint density at radius 2 is 1.84 bits per heavy atom. The topological polar surface area (TPSA) is 43.7 Å². The first-order valence-corrected chi connectivity index (χ1v) is 7.43. The van der Waals surface area contributed by atoms with Crippen molar-refractivity contribution in [1.82, 2.24) is 4.90 Å². The lowest BCUT2D eigenvalue weighted by Crippen LogP contribution is -2.29. The molecule has 1 aliphatic rings. The van der Waals surface area contributed by atoms with Crippen LogP contribution in [0.15, 0.2) is 12.1 Å². The van der Waals surface area contributed by atoms with E-state index in [1.807, 2.05) is 6.07 Å². The Labute approximate surface area is 115 Å². The van der Waals surface area contributed by atoms with Gasteiger partial charge in [0.1, 0.15) is 0 Å². The summed E-state index contributed by atoms with van der Waals surface area (Å²) in [7, 11) is 0. The monoisotopic (exact) mass is 263 g/mol. The van der Waals surface area contributed by atoms with Crippen LogP contribution >= 0.6 is 0 Å². The van der Waals surface area contributed by atoms with E-state index in [2.05, 4.69) is 18.7 Å². The molecule has 106 valence electrons. The van der Waals surface area contributed by atoms with E-state index in [4.69, 9.17) is 0 Å². The van der Waals surface area contributed by atoms with Crippen LogP contribution in [0.25, 0.3) is 0 Å². The number of benzene rings is 1. The molecule has 1 atom stereocenters. The first-order chi connectivity index (χ1) is 9.17. The predicted octanol–water partition coefficient (Wildman–Crippen LogP) is 3.25. The molecule has 3 heteroatoms. The SMILES string of the molecule is CCCN(CCC)CC1CCc2c1ccc(O)c2O. The summed E-state index contributed by atoms with van der Waals surface area (Å²) in [5.41, 5.74) is 2.19. The molecule has 1 aromatic carbocycles. The zero-order chi connectivity index (χ0) is 13.8. The number of phenolic OH excluding ortho intramolecular Hbond substituents is 2. The number of hydrogen-bond acceptors (Lipinski definition) is 3. The van der Waals surface area contributed by atoms with Gasteiger partial charge >= 0.3 is 0 Å². The Kier molecular flexibility index (Phi) is 4.70. The van der Waals surface area contributed by atoms with Crippen LogP contribution in [0.2, 0.25) is 0 Å². The van der Waals surface area contributed by atoms with E-state index in [-0.39, 0.29) is 11.5 Å². The number of nitrogens with zero attached hydrogens (tertiary/aromatic N) is 1. The Hall–Kier alpha value is -1.22. The number of hydrogen-bond donors (Lipinski definition) is 2. The molecule has 3 nitrogen and oxygen atoms in total. The first-order valence-electron chi connectivity index (χ1n) is 7.43. The molecule has 0 radical (unpaired) electrons. The van der Waals surface area contributed by atoms with Gasteiger partial charge in [-0.25, -0.2) is 0 Å². The summed E-state index contributed by atoms with van der Waals surface area (Å²) in [6, 6.07) is 3.61. The molecule has 0 aliphatic heterocycles. The van der Waals surface area contributed by atoms with Crippen molar-refractivity contribution in [1.29, 1.82) is 0 Å². The molecule has 0 bridgehead atoms. The van der Waals surface area contributed by atoms with Gasteiger partial charge in [-0.1, -0.05) is 19.9 Å². The molecule has 0 saturated carbocycles. The summed E-state index contributed by atoms with van der Waals surface area (Å²) in [5, 5.41) is 19.5. The second-order valence-electron chi connectivity index (χ2n) is 5.54. The highest BCUT2D eigenvalue weighted by atomic mass is 16.3. The third-order valence-corrected chi connectivity index (χ3v) is 4.04. The second-order valence-corrected chi connectivity index (χ2v) is 5.54. The highest BCUT2D eigenvalue weighted by Crippen LogP contribution is 2.42. The summed E-state index contributed by atoms with van der Waals surface area (Å²) in [5.74, 6) is 0.607. The van der Waals surface area contributed by atoms with E-state index >= 15 is 0 Å². The van der Waals surface area contributed by atoms with Crippen LogP contribution in [0.3, 0.4) is 0 Å². The lowest BCUT2D eigenvalue weighted by molar-refractivity contribution is 0.256. The Morgan fingerprint density at radius 1 is 1.16 bits per heavy atom. The van der Waals surface area contributed by atoms with E-state index in [9.17, 15) is 10.2 Å². The highest BCUT2D eigenvalue weighted by molar-refractivity contribution is 5.52. The number of phenols is 2. The van der Waals surface area contributed by atoms with Crippen LogP contribution in [0.5, 0.6) is 11.5 Å². The molecule has 0 amide bonds. The van der Waals surface area contributed by atoms with Crippen molar-refractivity contribution in [2.75, 3.05) is 19.6 Å². The van der Waals surface area contributed by atoms with Crippen molar-refractivity contribution in [3.05, 3.63) is 23.3 Å². The van der Waals surface area contributed by atoms with E-state index in [1.54, 1.807) is 6.07 Å². The Bertz CT molecular complexity index is 425. The molecule has 2 N–H and O–H groups in total. The summed E-state index contributed by atoms with van der Waals surface area (Å²) in [6.45, 7) is 7.79. The zero-order valence-corrected chi connectivity index (χ0v) is 12.0. The normalized spacial score (nSPS) is 17.9. The van der Waals surface area contributed by atoms with E-state index in [1.165, 1.54) is 18.4 Å². The minimum Gasteiger partial charge on any atom is -0.504 e. The van der Waals surface area contributed by atoms with Gasteiger partial charge in [0.2, 0.25) is 0 Å². The molecule has 1 aromatic rings. The van der Waals surface area contributed by atoms with Crippen molar-refractivity contribution in [2.45, 2.75) is 45.4 Å². The molecule has 2 rings (SSSR count). The molecule has 0 aromatic heterocycles. The van der Waals surface area contributed by atoms with Crippen molar-refractivity contribution in [3.63, 3.8) is 0 Å². The fourth-order valence-electron chi connectivity index (χ4n) is 3.19. The van der Waals surface area contributed by atoms with Crippen LogP contribution in [0.4, 0.5) is 0 Å². The summed E-state index contributed by atoms with van der Waals surface area (Å²) < 4.78 is 0. The second kappa shape index (κ2) is 6.29. The van der Waals surface area contributed by atoms with E-state index < -0.39 is 0 Å². The van der Waals surface area contributed by atoms with Gasteiger partial charge in [0.25, 0.3) is 0 Å². The third kappa shape index (κ3) is 3.03. The maximum absolute atomic E-state index is 9.91. The quantitative estimate of drug-likeness (QED) is 0.774. The lowest BCUT2D eigenvalue weighted by atomic mass is 10.00. The van der Waals surface area contributed by atoms with Crippen molar-refractivity contribution in [3.8, 4) is 11.5 Å². The van der Waals surface area contributed by atoms with Gasteiger partial charge in [0.15, 0.2) is 11.5 Å². The number of rotatable bonds is 6. The fraction of sp³-hybridized carbons (Fsp3) is 0.625. The summed E-state index contributed by atoms with van der Waals surface area (Å²) in [4.78, 5) is 2.52. The van der Waals surface area contributed by atoms with Crippen molar-refractivity contribution < 1.29 is 10.2 Å². The maximum atomic E-state index is 9.91. The summed E-state index contributed by atoms with van der Waals surface area (Å²) >= 11 is 0. The molecular weight excluding hydrogens is 238 g/mol. The van der Waals surface area contributed by atoms with Crippen LogP contribution < -0.4 is 0 Å². The largest absolute Gasteiger partial charge is 0.504 e. The van der Waals surface area contributed by atoms with Crippen LogP contribution in [0.1, 0.15) is 50.2 Å². The first kappa shape index (κ1) is 14.2. The van der Waals surface area contributed by atoms with Gasteiger partial charge < -0.3 is 15.1 Å². The number of aromatic hydroxyl groups is 2.